The number of amides is 1. The molecule has 0 aliphatic carbocycles. The zero-order chi connectivity index (χ0) is 53.2. The summed E-state index contributed by atoms with van der Waals surface area (Å²) in [6.45, 7) is 2.75. The van der Waals surface area contributed by atoms with Gasteiger partial charge in [0.2, 0.25) is 5.91 Å². The number of aliphatic hydroxyl groups is 8. The first-order valence-electron chi connectivity index (χ1n) is 29.7. The van der Waals surface area contributed by atoms with Gasteiger partial charge in [-0.3, -0.25) is 4.79 Å². The highest BCUT2D eigenvalue weighted by Gasteiger charge is 2.51. The largest absolute Gasteiger partial charge is 0.394 e. The van der Waals surface area contributed by atoms with Gasteiger partial charge in [0, 0.05) is 6.42 Å². The molecule has 0 aromatic rings. The molecule has 2 fully saturated rings. The second-order valence-electron chi connectivity index (χ2n) is 21.1. The van der Waals surface area contributed by atoms with Gasteiger partial charge in [-0.05, 0) is 57.8 Å². The van der Waals surface area contributed by atoms with Gasteiger partial charge in [0.15, 0.2) is 12.6 Å². The quantitative estimate of drug-likeness (QED) is 0.0205. The van der Waals surface area contributed by atoms with E-state index >= 15 is 0 Å². The van der Waals surface area contributed by atoms with Crippen LogP contribution in [0.15, 0.2) is 36.5 Å². The van der Waals surface area contributed by atoms with Crippen LogP contribution >= 0.6 is 0 Å². The van der Waals surface area contributed by atoms with Crippen LogP contribution in [0.3, 0.4) is 0 Å². The second kappa shape index (κ2) is 45.3. The summed E-state index contributed by atoms with van der Waals surface area (Å²) in [6, 6.07) is -0.934. The van der Waals surface area contributed by atoms with Crippen molar-refractivity contribution in [2.75, 3.05) is 19.8 Å². The number of carbonyl (C=O) groups excluding carboxylic acids is 1. The Labute approximate surface area is 442 Å². The number of hydrogen-bond donors (Lipinski definition) is 9. The molecule has 2 aliphatic rings. The maximum atomic E-state index is 13.2. The molecule has 0 aromatic heterocycles. The molecule has 0 spiro atoms. The van der Waals surface area contributed by atoms with Crippen molar-refractivity contribution in [2.45, 2.75) is 312 Å². The van der Waals surface area contributed by atoms with Gasteiger partial charge in [-0.2, -0.15) is 0 Å². The Morgan fingerprint density at radius 2 is 0.877 bits per heavy atom. The average molecular weight is 1040 g/mol. The lowest BCUT2D eigenvalue weighted by atomic mass is 9.97. The van der Waals surface area contributed by atoms with E-state index in [4.69, 9.17) is 18.9 Å². The molecule has 73 heavy (non-hydrogen) atoms. The molecule has 2 saturated heterocycles. The van der Waals surface area contributed by atoms with Crippen LogP contribution in [0, 0.1) is 0 Å². The molecule has 0 radical (unpaired) electrons. The molecule has 0 saturated carbocycles. The lowest BCUT2D eigenvalue weighted by molar-refractivity contribution is -0.359. The number of nitrogens with one attached hydrogen (secondary N) is 1. The predicted octanol–water partition coefficient (Wildman–Crippen LogP) is 9.83. The van der Waals surface area contributed by atoms with Gasteiger partial charge in [0.1, 0.15) is 48.8 Å². The molecule has 428 valence electrons. The van der Waals surface area contributed by atoms with Gasteiger partial charge < -0.3 is 65.1 Å². The maximum Gasteiger partial charge on any atom is 0.220 e. The van der Waals surface area contributed by atoms with Crippen molar-refractivity contribution in [1.82, 2.24) is 5.32 Å². The van der Waals surface area contributed by atoms with Crippen molar-refractivity contribution in [2.24, 2.45) is 0 Å². The van der Waals surface area contributed by atoms with Gasteiger partial charge in [-0.1, -0.05) is 211 Å². The van der Waals surface area contributed by atoms with Crippen molar-refractivity contribution >= 4 is 5.91 Å². The van der Waals surface area contributed by atoms with E-state index in [-0.39, 0.29) is 18.9 Å². The molecule has 14 nitrogen and oxygen atoms in total. The van der Waals surface area contributed by atoms with E-state index in [1.165, 1.54) is 154 Å². The number of carbonyl (C=O) groups is 1. The third-order valence-electron chi connectivity index (χ3n) is 14.5. The number of allylic oxidation sites excluding steroid dienone is 5. The van der Waals surface area contributed by atoms with Crippen LogP contribution in [0.5, 0.6) is 0 Å². The van der Waals surface area contributed by atoms with Crippen LogP contribution in [0.2, 0.25) is 0 Å². The molecule has 2 aliphatic heterocycles. The first-order chi connectivity index (χ1) is 35.6. The Morgan fingerprint density at radius 3 is 1.37 bits per heavy atom. The lowest BCUT2D eigenvalue weighted by Crippen LogP contribution is -2.65. The van der Waals surface area contributed by atoms with Crippen molar-refractivity contribution in [3.8, 4) is 0 Å². The first-order valence-corrected chi connectivity index (χ1v) is 29.7. The van der Waals surface area contributed by atoms with Crippen molar-refractivity contribution in [3.05, 3.63) is 36.5 Å². The summed E-state index contributed by atoms with van der Waals surface area (Å²) < 4.78 is 22.7. The fourth-order valence-corrected chi connectivity index (χ4v) is 9.71. The topological polar surface area (TPSA) is 228 Å². The molecule has 2 heterocycles. The standard InChI is InChI=1S/C59H109NO13/c1-3-5-7-9-11-13-15-17-18-19-20-21-22-23-24-25-26-27-28-29-30-31-32-34-36-38-40-42-48(63)47(60-51(64)43-41-39-37-35-33-16-14-12-10-8-6-4-2)46-70-58-56(69)54(67)57(50(45-62)72-58)73-59-55(68)53(66)52(65)49(44-61)71-59/h12,14,32,34,40,42,47-50,52-59,61-63,65-69H,3-11,13,15-31,33,35-39,41,43-46H2,1-2H3,(H,60,64)/b14-12-,34-32+,42-40+. The van der Waals surface area contributed by atoms with Crippen LogP contribution in [0.25, 0.3) is 0 Å². The minimum Gasteiger partial charge on any atom is -0.394 e. The summed E-state index contributed by atoms with van der Waals surface area (Å²) in [6.07, 6.45) is 37.8. The van der Waals surface area contributed by atoms with E-state index in [0.29, 0.717) is 12.8 Å². The zero-order valence-corrected chi connectivity index (χ0v) is 45.9. The van der Waals surface area contributed by atoms with Gasteiger partial charge >= 0.3 is 0 Å². The Bertz CT molecular complexity index is 1370. The zero-order valence-electron chi connectivity index (χ0n) is 45.9. The SMILES string of the molecule is CCCCC/C=C\CCCCCCCC(=O)NC(COC1OC(CO)C(OC2OC(CO)C(O)C(O)C2O)C(O)C1O)C(O)/C=C/CC/C=C/CCCCCCCCCCCCCCCCCCCCCCC. The fourth-order valence-electron chi connectivity index (χ4n) is 9.71. The van der Waals surface area contributed by atoms with Crippen LogP contribution in [-0.4, -0.2) is 140 Å². The Morgan fingerprint density at radius 1 is 0.479 bits per heavy atom. The predicted molar refractivity (Wildman–Crippen MR) is 291 cm³/mol. The third-order valence-corrected chi connectivity index (χ3v) is 14.5. The molecule has 1 amide bonds. The molecule has 12 unspecified atom stereocenters. The van der Waals surface area contributed by atoms with E-state index in [9.17, 15) is 45.6 Å². The molecule has 2 rings (SSSR count). The fraction of sp³-hybridized carbons (Fsp3) is 0.881. The highest BCUT2D eigenvalue weighted by molar-refractivity contribution is 5.76. The minimum atomic E-state index is -1.79. The van der Waals surface area contributed by atoms with Crippen LogP contribution in [-0.2, 0) is 23.7 Å². The lowest BCUT2D eigenvalue weighted by Gasteiger charge is -2.46. The van der Waals surface area contributed by atoms with Crippen LogP contribution in [0.4, 0.5) is 0 Å². The van der Waals surface area contributed by atoms with E-state index in [1.807, 2.05) is 6.08 Å². The van der Waals surface area contributed by atoms with E-state index in [1.54, 1.807) is 6.08 Å². The maximum absolute atomic E-state index is 13.2. The van der Waals surface area contributed by atoms with E-state index in [2.05, 4.69) is 43.5 Å². The van der Waals surface area contributed by atoms with Crippen LogP contribution in [0.1, 0.15) is 239 Å². The van der Waals surface area contributed by atoms with Gasteiger partial charge in [0.05, 0.1) is 32.0 Å². The minimum absolute atomic E-state index is 0.259. The van der Waals surface area contributed by atoms with Gasteiger partial charge in [-0.15, -0.1) is 0 Å². The first kappa shape index (κ1) is 67.3. The van der Waals surface area contributed by atoms with Crippen molar-refractivity contribution in [3.63, 3.8) is 0 Å². The summed E-state index contributed by atoms with van der Waals surface area (Å²) in [5, 5.41) is 86.9. The summed E-state index contributed by atoms with van der Waals surface area (Å²) in [7, 11) is 0. The Kier molecular flexibility index (Phi) is 41.7. The molecule has 9 N–H and O–H groups in total. The Hall–Kier alpha value is -1.79. The average Bonchev–Trinajstić information content (AvgIpc) is 3.39. The summed E-state index contributed by atoms with van der Waals surface area (Å²) in [4.78, 5) is 13.2. The number of unbranched alkanes of at least 4 members (excludes halogenated alkanes) is 30. The smallest absolute Gasteiger partial charge is 0.220 e. The summed E-state index contributed by atoms with van der Waals surface area (Å²) in [5.74, 6) is -0.259. The highest BCUT2D eigenvalue weighted by Crippen LogP contribution is 2.30. The van der Waals surface area contributed by atoms with Gasteiger partial charge in [-0.25, -0.2) is 0 Å². The summed E-state index contributed by atoms with van der Waals surface area (Å²) >= 11 is 0. The number of aliphatic hydroxyl groups excluding tert-OH is 8. The third kappa shape index (κ3) is 31.3. The molecule has 12 atom stereocenters. The normalized spacial score (nSPS) is 25.6. The van der Waals surface area contributed by atoms with E-state index in [0.717, 1.165) is 51.4 Å². The molecule has 0 bridgehead atoms. The van der Waals surface area contributed by atoms with Crippen molar-refractivity contribution in [1.29, 1.82) is 0 Å². The second-order valence-corrected chi connectivity index (χ2v) is 21.1. The highest BCUT2D eigenvalue weighted by atomic mass is 16.7. The number of hydrogen-bond acceptors (Lipinski definition) is 13. The number of ether oxygens (including phenoxy) is 4. The Balaban J connectivity index is 1.74. The van der Waals surface area contributed by atoms with Gasteiger partial charge in [0.25, 0.3) is 0 Å². The molecule has 14 heteroatoms. The molecular formula is C59H109NO13. The molecule has 0 aromatic carbocycles. The van der Waals surface area contributed by atoms with Crippen LogP contribution < -0.4 is 5.32 Å². The number of rotatable bonds is 47. The molecular weight excluding hydrogens is 931 g/mol. The monoisotopic (exact) mass is 1040 g/mol. The van der Waals surface area contributed by atoms with E-state index < -0.39 is 86.8 Å². The van der Waals surface area contributed by atoms with Crippen molar-refractivity contribution < 1.29 is 64.6 Å². The summed E-state index contributed by atoms with van der Waals surface area (Å²) in [5.41, 5.74) is 0.